The average Bonchev–Trinajstić information content (AvgIpc) is 3.09. The molecule has 0 aliphatic heterocycles. The van der Waals surface area contributed by atoms with Gasteiger partial charge in [0.2, 0.25) is 5.91 Å². The lowest BCUT2D eigenvalue weighted by atomic mass is 9.92. The van der Waals surface area contributed by atoms with E-state index in [1.54, 1.807) is 0 Å². The summed E-state index contributed by atoms with van der Waals surface area (Å²) in [6.45, 7) is 0. The van der Waals surface area contributed by atoms with Gasteiger partial charge >= 0.3 is 0 Å². The number of halogens is 1. The molecule has 0 spiro atoms. The molecule has 3 rings (SSSR count). The Labute approximate surface area is 153 Å². The van der Waals surface area contributed by atoms with E-state index < -0.39 is 14.6 Å². The third-order valence-corrected chi connectivity index (χ3v) is 8.26. The van der Waals surface area contributed by atoms with Crippen LogP contribution in [0.25, 0.3) is 0 Å². The summed E-state index contributed by atoms with van der Waals surface area (Å²) in [7, 11) is -3.80. The topological polar surface area (TPSA) is 83.5 Å². The summed E-state index contributed by atoms with van der Waals surface area (Å²) in [4.78, 5) is 13.2. The van der Waals surface area contributed by atoms with E-state index in [0.717, 1.165) is 12.8 Å². The van der Waals surface area contributed by atoms with Crippen LogP contribution in [0.1, 0.15) is 51.4 Å². The SMILES string of the molecule is O=C(NC1CCC(O)CC1)C1(S(=O)(=O)c2ccc(Cl)cc2)CCCC1. The van der Waals surface area contributed by atoms with Crippen molar-refractivity contribution in [3.8, 4) is 0 Å². The third kappa shape index (κ3) is 3.57. The summed E-state index contributed by atoms with van der Waals surface area (Å²) in [5, 5.41) is 13.0. The minimum Gasteiger partial charge on any atom is -0.393 e. The molecule has 1 amide bonds. The first-order valence-electron chi connectivity index (χ1n) is 8.84. The summed E-state index contributed by atoms with van der Waals surface area (Å²) in [5.41, 5.74) is 0. The van der Waals surface area contributed by atoms with Crippen molar-refractivity contribution in [2.24, 2.45) is 0 Å². The largest absolute Gasteiger partial charge is 0.393 e. The highest BCUT2D eigenvalue weighted by molar-refractivity contribution is 7.93. The Kier molecular flexibility index (Phi) is 5.42. The second-order valence-electron chi connectivity index (χ2n) is 7.14. The number of hydrogen-bond donors (Lipinski definition) is 2. The molecule has 2 aliphatic rings. The molecule has 5 nitrogen and oxygen atoms in total. The van der Waals surface area contributed by atoms with Crippen molar-refractivity contribution in [2.75, 3.05) is 0 Å². The van der Waals surface area contributed by atoms with Gasteiger partial charge in [0.1, 0.15) is 0 Å². The molecule has 1 aromatic carbocycles. The molecule has 0 aromatic heterocycles. The number of nitrogens with one attached hydrogen (secondary N) is 1. The molecule has 0 unspecified atom stereocenters. The number of sulfone groups is 1. The van der Waals surface area contributed by atoms with Crippen molar-refractivity contribution in [1.82, 2.24) is 5.32 Å². The molecule has 0 radical (unpaired) electrons. The molecular weight excluding hydrogens is 362 g/mol. The first-order valence-corrected chi connectivity index (χ1v) is 10.7. The summed E-state index contributed by atoms with van der Waals surface area (Å²) in [5.74, 6) is -0.388. The quantitative estimate of drug-likeness (QED) is 0.834. The zero-order chi connectivity index (χ0) is 18.1. The smallest absolute Gasteiger partial charge is 0.242 e. The Morgan fingerprint density at radius 3 is 2.20 bits per heavy atom. The predicted molar refractivity (Wildman–Crippen MR) is 96.2 cm³/mol. The molecule has 0 heterocycles. The van der Waals surface area contributed by atoms with E-state index in [2.05, 4.69) is 5.32 Å². The zero-order valence-electron chi connectivity index (χ0n) is 14.1. The molecule has 2 aliphatic carbocycles. The van der Waals surface area contributed by atoms with Crippen LogP contribution in [-0.2, 0) is 14.6 Å². The van der Waals surface area contributed by atoms with Gasteiger partial charge in [-0.3, -0.25) is 4.79 Å². The second kappa shape index (κ2) is 7.25. The maximum absolute atomic E-state index is 13.3. The van der Waals surface area contributed by atoms with Gasteiger partial charge in [0.25, 0.3) is 0 Å². The number of aliphatic hydroxyl groups excluding tert-OH is 1. The molecule has 0 bridgehead atoms. The second-order valence-corrected chi connectivity index (χ2v) is 9.83. The number of aliphatic hydroxyl groups is 1. The third-order valence-electron chi connectivity index (χ3n) is 5.50. The van der Waals surface area contributed by atoms with E-state index in [4.69, 9.17) is 11.6 Å². The number of amides is 1. The lowest BCUT2D eigenvalue weighted by Crippen LogP contribution is -2.53. The van der Waals surface area contributed by atoms with Gasteiger partial charge in [0.15, 0.2) is 14.6 Å². The zero-order valence-corrected chi connectivity index (χ0v) is 15.7. The minimum atomic E-state index is -3.80. The molecule has 25 heavy (non-hydrogen) atoms. The normalized spacial score (nSPS) is 26.3. The maximum Gasteiger partial charge on any atom is 0.242 e. The lowest BCUT2D eigenvalue weighted by Gasteiger charge is -2.32. The molecule has 7 heteroatoms. The minimum absolute atomic E-state index is 0.0613. The van der Waals surface area contributed by atoms with E-state index in [1.165, 1.54) is 24.3 Å². The Morgan fingerprint density at radius 1 is 1.08 bits per heavy atom. The lowest BCUT2D eigenvalue weighted by molar-refractivity contribution is -0.124. The standard InChI is InChI=1S/C18H24ClNO4S/c19-13-3-9-16(10-4-13)25(23,24)18(11-1-2-12-18)17(22)20-14-5-7-15(21)8-6-14/h3-4,9-10,14-15,21H,1-2,5-8,11-12H2,(H,20,22). The number of carbonyl (C=O) groups is 1. The Balaban J connectivity index is 1.85. The van der Waals surface area contributed by atoms with Crippen molar-refractivity contribution in [2.45, 2.75) is 73.2 Å². The summed E-state index contributed by atoms with van der Waals surface area (Å²) in [6, 6.07) is 5.97. The van der Waals surface area contributed by atoms with Crippen LogP contribution in [0.15, 0.2) is 29.2 Å². The fourth-order valence-corrected chi connectivity index (χ4v) is 6.14. The molecule has 0 atom stereocenters. The van der Waals surface area contributed by atoms with Gasteiger partial charge in [-0.05, 0) is 62.8 Å². The number of benzene rings is 1. The van der Waals surface area contributed by atoms with Crippen LogP contribution < -0.4 is 5.32 Å². The molecule has 138 valence electrons. The number of rotatable bonds is 4. The van der Waals surface area contributed by atoms with Gasteiger partial charge in [-0.15, -0.1) is 0 Å². The van der Waals surface area contributed by atoms with E-state index in [-0.39, 0.29) is 22.9 Å². The van der Waals surface area contributed by atoms with Crippen LogP contribution in [0.2, 0.25) is 5.02 Å². The first-order chi connectivity index (χ1) is 11.8. The van der Waals surface area contributed by atoms with Gasteiger partial charge < -0.3 is 10.4 Å². The van der Waals surface area contributed by atoms with Crippen LogP contribution in [-0.4, -0.2) is 36.3 Å². The van der Waals surface area contributed by atoms with E-state index in [1.807, 2.05) is 0 Å². The maximum atomic E-state index is 13.3. The highest BCUT2D eigenvalue weighted by Crippen LogP contribution is 2.41. The highest BCUT2D eigenvalue weighted by Gasteiger charge is 2.53. The van der Waals surface area contributed by atoms with Crippen molar-refractivity contribution in [3.63, 3.8) is 0 Å². The van der Waals surface area contributed by atoms with Crippen LogP contribution >= 0.6 is 11.6 Å². The average molecular weight is 386 g/mol. The summed E-state index contributed by atoms with van der Waals surface area (Å²) in [6.07, 6.45) is 4.48. The van der Waals surface area contributed by atoms with Crippen molar-refractivity contribution in [3.05, 3.63) is 29.3 Å². The number of hydrogen-bond acceptors (Lipinski definition) is 4. The monoisotopic (exact) mass is 385 g/mol. The van der Waals surface area contributed by atoms with Gasteiger partial charge in [-0.1, -0.05) is 24.4 Å². The molecule has 1 aromatic rings. The summed E-state index contributed by atoms with van der Waals surface area (Å²) < 4.78 is 25.1. The molecule has 2 N–H and O–H groups in total. The van der Waals surface area contributed by atoms with Gasteiger partial charge in [-0.25, -0.2) is 8.42 Å². The van der Waals surface area contributed by atoms with Gasteiger partial charge in [-0.2, -0.15) is 0 Å². The Morgan fingerprint density at radius 2 is 1.64 bits per heavy atom. The van der Waals surface area contributed by atoms with Crippen LogP contribution in [0.4, 0.5) is 0 Å². The van der Waals surface area contributed by atoms with E-state index in [0.29, 0.717) is 43.5 Å². The predicted octanol–water partition coefficient (Wildman–Crippen LogP) is 2.85. The summed E-state index contributed by atoms with van der Waals surface area (Å²) >= 11 is 5.86. The molecule has 0 saturated heterocycles. The Bertz CT molecular complexity index is 718. The van der Waals surface area contributed by atoms with Gasteiger partial charge in [0, 0.05) is 11.1 Å². The molecular formula is C18H24ClNO4S. The van der Waals surface area contributed by atoms with Crippen molar-refractivity contribution >= 4 is 27.3 Å². The first kappa shape index (κ1) is 18.7. The van der Waals surface area contributed by atoms with Crippen LogP contribution in [0, 0.1) is 0 Å². The highest BCUT2D eigenvalue weighted by atomic mass is 35.5. The van der Waals surface area contributed by atoms with E-state index >= 15 is 0 Å². The van der Waals surface area contributed by atoms with E-state index in [9.17, 15) is 18.3 Å². The van der Waals surface area contributed by atoms with Crippen molar-refractivity contribution in [1.29, 1.82) is 0 Å². The van der Waals surface area contributed by atoms with Crippen LogP contribution in [0.5, 0.6) is 0 Å². The Hall–Kier alpha value is -1.11. The fraction of sp³-hybridized carbons (Fsp3) is 0.611. The van der Waals surface area contributed by atoms with Crippen LogP contribution in [0.3, 0.4) is 0 Å². The molecule has 2 saturated carbocycles. The molecule has 2 fully saturated rings. The number of carbonyl (C=O) groups excluding carboxylic acids is 1. The fourth-order valence-electron chi connectivity index (χ4n) is 3.94. The van der Waals surface area contributed by atoms with Crippen molar-refractivity contribution < 1.29 is 18.3 Å². The van der Waals surface area contributed by atoms with Gasteiger partial charge in [0.05, 0.1) is 11.0 Å².